The van der Waals surface area contributed by atoms with Gasteiger partial charge in [0.05, 0.1) is 10.5 Å². The van der Waals surface area contributed by atoms with Crippen LogP contribution in [0.3, 0.4) is 0 Å². The molecular formula is C14H13BrN2O3. The first-order chi connectivity index (χ1) is 9.52. The molecule has 0 spiro atoms. The average molecular weight is 337 g/mol. The Hall–Kier alpha value is -1.92. The summed E-state index contributed by atoms with van der Waals surface area (Å²) in [7, 11) is 0. The van der Waals surface area contributed by atoms with Crippen LogP contribution in [-0.4, -0.2) is 4.92 Å². The third kappa shape index (κ3) is 2.97. The first-order valence-electron chi connectivity index (χ1n) is 5.93. The van der Waals surface area contributed by atoms with Crippen molar-refractivity contribution < 1.29 is 9.66 Å². The minimum absolute atomic E-state index is 0.0360. The fourth-order valence-electron chi connectivity index (χ4n) is 1.84. The molecule has 0 unspecified atom stereocenters. The van der Waals surface area contributed by atoms with Crippen LogP contribution in [0.2, 0.25) is 0 Å². The van der Waals surface area contributed by atoms with Crippen LogP contribution in [0.4, 0.5) is 5.69 Å². The highest BCUT2D eigenvalue weighted by Gasteiger charge is 2.15. The molecule has 0 aliphatic carbocycles. The van der Waals surface area contributed by atoms with Crippen LogP contribution in [0.1, 0.15) is 11.1 Å². The van der Waals surface area contributed by atoms with Gasteiger partial charge in [0.15, 0.2) is 0 Å². The number of rotatable bonds is 4. The minimum Gasteiger partial charge on any atom is -0.456 e. The lowest BCUT2D eigenvalue weighted by atomic mass is 10.1. The van der Waals surface area contributed by atoms with Crippen molar-refractivity contribution in [3.05, 3.63) is 62.1 Å². The van der Waals surface area contributed by atoms with E-state index in [4.69, 9.17) is 10.5 Å². The van der Waals surface area contributed by atoms with Crippen LogP contribution < -0.4 is 10.5 Å². The Labute approximate surface area is 124 Å². The largest absolute Gasteiger partial charge is 0.456 e. The number of hydrogen-bond donors (Lipinski definition) is 1. The molecule has 0 aliphatic rings. The molecular weight excluding hydrogens is 324 g/mol. The van der Waals surface area contributed by atoms with Crippen molar-refractivity contribution in [2.75, 3.05) is 0 Å². The van der Waals surface area contributed by atoms with Gasteiger partial charge in [-0.25, -0.2) is 0 Å². The summed E-state index contributed by atoms with van der Waals surface area (Å²) in [6, 6.07) is 10.2. The van der Waals surface area contributed by atoms with E-state index in [1.807, 2.05) is 12.1 Å². The maximum absolute atomic E-state index is 10.9. The number of benzene rings is 2. The summed E-state index contributed by atoms with van der Waals surface area (Å²) in [6.45, 7) is 1.98. The summed E-state index contributed by atoms with van der Waals surface area (Å²) in [6.07, 6.45) is 0. The number of halogens is 1. The lowest BCUT2D eigenvalue weighted by Crippen LogP contribution is -2.00. The summed E-state index contributed by atoms with van der Waals surface area (Å²) < 4.78 is 6.68. The molecule has 0 amide bonds. The van der Waals surface area contributed by atoms with Crippen molar-refractivity contribution in [3.8, 4) is 11.5 Å². The van der Waals surface area contributed by atoms with Crippen molar-refractivity contribution in [2.24, 2.45) is 5.73 Å². The molecule has 20 heavy (non-hydrogen) atoms. The highest BCUT2D eigenvalue weighted by Crippen LogP contribution is 2.33. The Bertz CT molecular complexity index is 659. The third-order valence-corrected chi connectivity index (χ3v) is 3.41. The number of nitro benzene ring substituents is 1. The van der Waals surface area contributed by atoms with Gasteiger partial charge in [0, 0.05) is 22.6 Å². The molecule has 0 atom stereocenters. The van der Waals surface area contributed by atoms with Gasteiger partial charge < -0.3 is 10.5 Å². The molecule has 104 valence electrons. The topological polar surface area (TPSA) is 78.4 Å². The maximum atomic E-state index is 10.9. The molecule has 5 nitrogen and oxygen atoms in total. The summed E-state index contributed by atoms with van der Waals surface area (Å²) in [5.41, 5.74) is 7.03. The SMILES string of the molecule is Cc1c(Oc2ccc(Br)cc2CN)cccc1[N+](=O)[O-]. The van der Waals surface area contributed by atoms with Crippen molar-refractivity contribution in [1.82, 2.24) is 0 Å². The zero-order valence-corrected chi connectivity index (χ0v) is 12.4. The van der Waals surface area contributed by atoms with Crippen molar-refractivity contribution in [2.45, 2.75) is 13.5 Å². The zero-order valence-electron chi connectivity index (χ0n) is 10.8. The molecule has 2 aromatic carbocycles. The van der Waals surface area contributed by atoms with E-state index in [0.29, 0.717) is 23.6 Å². The van der Waals surface area contributed by atoms with Crippen LogP contribution in [-0.2, 0) is 6.54 Å². The number of hydrogen-bond acceptors (Lipinski definition) is 4. The molecule has 2 aromatic rings. The van der Waals surface area contributed by atoms with Crippen molar-refractivity contribution in [3.63, 3.8) is 0 Å². The van der Waals surface area contributed by atoms with E-state index in [1.54, 1.807) is 25.1 Å². The monoisotopic (exact) mass is 336 g/mol. The second-order valence-electron chi connectivity index (χ2n) is 4.22. The maximum Gasteiger partial charge on any atom is 0.276 e. The van der Waals surface area contributed by atoms with Gasteiger partial charge in [-0.3, -0.25) is 10.1 Å². The van der Waals surface area contributed by atoms with Gasteiger partial charge in [0.1, 0.15) is 11.5 Å². The van der Waals surface area contributed by atoms with Gasteiger partial charge >= 0.3 is 0 Å². The van der Waals surface area contributed by atoms with Gasteiger partial charge in [-0.2, -0.15) is 0 Å². The van der Waals surface area contributed by atoms with Crippen molar-refractivity contribution in [1.29, 1.82) is 0 Å². The second-order valence-corrected chi connectivity index (χ2v) is 5.13. The molecule has 0 aromatic heterocycles. The summed E-state index contributed by atoms with van der Waals surface area (Å²) >= 11 is 3.37. The Morgan fingerprint density at radius 2 is 2.05 bits per heavy atom. The summed E-state index contributed by atoms with van der Waals surface area (Å²) in [4.78, 5) is 10.5. The Morgan fingerprint density at radius 3 is 2.70 bits per heavy atom. The van der Waals surface area contributed by atoms with E-state index >= 15 is 0 Å². The molecule has 0 heterocycles. The average Bonchev–Trinajstić information content (AvgIpc) is 2.42. The van der Waals surface area contributed by atoms with Crippen LogP contribution in [0, 0.1) is 17.0 Å². The van der Waals surface area contributed by atoms with Gasteiger partial charge in [-0.1, -0.05) is 22.0 Å². The van der Waals surface area contributed by atoms with E-state index in [0.717, 1.165) is 10.0 Å². The number of nitro groups is 1. The Kier molecular flexibility index (Phi) is 4.36. The Morgan fingerprint density at radius 1 is 1.30 bits per heavy atom. The fourth-order valence-corrected chi connectivity index (χ4v) is 2.25. The van der Waals surface area contributed by atoms with Gasteiger partial charge in [-0.15, -0.1) is 0 Å². The predicted molar refractivity (Wildman–Crippen MR) is 79.9 cm³/mol. The van der Waals surface area contributed by atoms with Gasteiger partial charge in [0.25, 0.3) is 5.69 Å². The van der Waals surface area contributed by atoms with Crippen molar-refractivity contribution >= 4 is 21.6 Å². The third-order valence-electron chi connectivity index (χ3n) is 2.91. The van der Waals surface area contributed by atoms with Crippen LogP contribution in [0.25, 0.3) is 0 Å². The molecule has 0 radical (unpaired) electrons. The zero-order chi connectivity index (χ0) is 14.7. The van der Waals surface area contributed by atoms with E-state index < -0.39 is 4.92 Å². The molecule has 0 saturated heterocycles. The second kappa shape index (κ2) is 6.02. The molecule has 2 N–H and O–H groups in total. The number of nitrogens with zero attached hydrogens (tertiary/aromatic N) is 1. The Balaban J connectivity index is 2.40. The van der Waals surface area contributed by atoms with E-state index in [9.17, 15) is 10.1 Å². The number of nitrogens with two attached hydrogens (primary N) is 1. The number of ether oxygens (including phenoxy) is 1. The van der Waals surface area contributed by atoms with E-state index in [1.165, 1.54) is 6.07 Å². The van der Waals surface area contributed by atoms with Gasteiger partial charge in [0.2, 0.25) is 0 Å². The lowest BCUT2D eigenvalue weighted by molar-refractivity contribution is -0.385. The quantitative estimate of drug-likeness (QED) is 0.677. The predicted octanol–water partition coefficient (Wildman–Crippen LogP) is 3.92. The van der Waals surface area contributed by atoms with E-state index in [-0.39, 0.29) is 5.69 Å². The van der Waals surface area contributed by atoms with Gasteiger partial charge in [-0.05, 0) is 31.2 Å². The first kappa shape index (κ1) is 14.5. The first-order valence-corrected chi connectivity index (χ1v) is 6.72. The lowest BCUT2D eigenvalue weighted by Gasteiger charge is -2.12. The van der Waals surface area contributed by atoms with Crippen LogP contribution in [0.15, 0.2) is 40.9 Å². The molecule has 0 aliphatic heterocycles. The van der Waals surface area contributed by atoms with E-state index in [2.05, 4.69) is 15.9 Å². The molecule has 0 bridgehead atoms. The highest BCUT2D eigenvalue weighted by molar-refractivity contribution is 9.10. The summed E-state index contributed by atoms with van der Waals surface area (Å²) in [5.74, 6) is 1.05. The molecule has 0 saturated carbocycles. The van der Waals surface area contributed by atoms with Crippen LogP contribution in [0.5, 0.6) is 11.5 Å². The molecule has 0 fully saturated rings. The summed E-state index contributed by atoms with van der Waals surface area (Å²) in [5, 5.41) is 10.9. The normalized spacial score (nSPS) is 10.3. The fraction of sp³-hybridized carbons (Fsp3) is 0.143. The molecule has 2 rings (SSSR count). The minimum atomic E-state index is -0.423. The molecule has 6 heteroatoms. The standard InChI is InChI=1S/C14H13BrN2O3/c1-9-12(17(18)19)3-2-4-13(9)20-14-6-5-11(15)7-10(14)8-16/h2-7H,8,16H2,1H3. The van der Waals surface area contributed by atoms with Crippen LogP contribution >= 0.6 is 15.9 Å². The smallest absolute Gasteiger partial charge is 0.276 e. The highest BCUT2D eigenvalue weighted by atomic mass is 79.9.